The van der Waals surface area contributed by atoms with E-state index in [0.29, 0.717) is 22.6 Å². The Labute approximate surface area is 154 Å². The zero-order valence-corrected chi connectivity index (χ0v) is 14.8. The number of benzene rings is 2. The van der Waals surface area contributed by atoms with Crippen molar-refractivity contribution in [3.8, 4) is 11.5 Å². The van der Waals surface area contributed by atoms with E-state index in [1.807, 2.05) is 0 Å². The molecule has 1 aliphatic heterocycles. The standard InChI is InChI=1S/C19H18F2N2O4/c1-11(12-3-5-14(20)15(21)7-12)23(2)18(24)9-22-19(25)13-4-6-16-17(8-13)27-10-26-16/h3-8,11H,9-10H2,1-2H3,(H,22,25). The molecule has 1 unspecified atom stereocenters. The zero-order valence-electron chi connectivity index (χ0n) is 14.8. The molecule has 3 rings (SSSR count). The van der Waals surface area contributed by atoms with Gasteiger partial charge >= 0.3 is 0 Å². The number of rotatable bonds is 5. The SMILES string of the molecule is CC(c1ccc(F)c(F)c1)N(C)C(=O)CNC(=O)c1ccc2c(c1)OCO2. The van der Waals surface area contributed by atoms with Crippen molar-refractivity contribution in [2.45, 2.75) is 13.0 Å². The van der Waals surface area contributed by atoms with Crippen LogP contribution in [0.15, 0.2) is 36.4 Å². The molecule has 0 bridgehead atoms. The summed E-state index contributed by atoms with van der Waals surface area (Å²) in [4.78, 5) is 25.9. The van der Waals surface area contributed by atoms with E-state index >= 15 is 0 Å². The van der Waals surface area contributed by atoms with Gasteiger partial charge in [0.2, 0.25) is 12.7 Å². The van der Waals surface area contributed by atoms with E-state index in [4.69, 9.17) is 9.47 Å². The summed E-state index contributed by atoms with van der Waals surface area (Å²) >= 11 is 0. The number of nitrogens with one attached hydrogen (secondary N) is 1. The van der Waals surface area contributed by atoms with Gasteiger partial charge in [-0.1, -0.05) is 6.07 Å². The maximum absolute atomic E-state index is 13.4. The van der Waals surface area contributed by atoms with Crippen molar-refractivity contribution < 1.29 is 27.8 Å². The van der Waals surface area contributed by atoms with Gasteiger partial charge < -0.3 is 19.7 Å². The highest BCUT2D eigenvalue weighted by Gasteiger charge is 2.20. The first-order valence-corrected chi connectivity index (χ1v) is 8.25. The normalized spacial score (nSPS) is 13.2. The minimum absolute atomic E-state index is 0.103. The molecule has 6 nitrogen and oxygen atoms in total. The average Bonchev–Trinajstić information content (AvgIpc) is 3.14. The number of nitrogens with zero attached hydrogens (tertiary/aromatic N) is 1. The van der Waals surface area contributed by atoms with Gasteiger partial charge in [-0.15, -0.1) is 0 Å². The fourth-order valence-corrected chi connectivity index (χ4v) is 2.63. The largest absolute Gasteiger partial charge is 0.454 e. The molecule has 0 fully saturated rings. The second-order valence-corrected chi connectivity index (χ2v) is 6.10. The van der Waals surface area contributed by atoms with Gasteiger partial charge in [-0.3, -0.25) is 9.59 Å². The number of likely N-dealkylation sites (N-methyl/N-ethyl adjacent to an activating group) is 1. The van der Waals surface area contributed by atoms with Crippen molar-refractivity contribution in [3.63, 3.8) is 0 Å². The Balaban J connectivity index is 1.59. The van der Waals surface area contributed by atoms with E-state index < -0.39 is 23.6 Å². The van der Waals surface area contributed by atoms with Crippen LogP contribution in [0.4, 0.5) is 8.78 Å². The molecular formula is C19H18F2N2O4. The maximum Gasteiger partial charge on any atom is 0.251 e. The van der Waals surface area contributed by atoms with Gasteiger partial charge in [0, 0.05) is 12.6 Å². The molecule has 142 valence electrons. The lowest BCUT2D eigenvalue weighted by atomic mass is 10.1. The Bertz CT molecular complexity index is 888. The lowest BCUT2D eigenvalue weighted by Gasteiger charge is -2.25. The molecule has 8 heteroatoms. The number of carbonyl (C=O) groups is 2. The van der Waals surface area contributed by atoms with Crippen LogP contribution in [0.25, 0.3) is 0 Å². The van der Waals surface area contributed by atoms with Gasteiger partial charge in [0.25, 0.3) is 5.91 Å². The molecule has 0 spiro atoms. The van der Waals surface area contributed by atoms with Gasteiger partial charge in [0.15, 0.2) is 23.1 Å². The van der Waals surface area contributed by atoms with Gasteiger partial charge in [0.05, 0.1) is 12.6 Å². The van der Waals surface area contributed by atoms with E-state index in [0.717, 1.165) is 12.1 Å². The second-order valence-electron chi connectivity index (χ2n) is 6.10. The monoisotopic (exact) mass is 376 g/mol. The second kappa shape index (κ2) is 7.61. The summed E-state index contributed by atoms with van der Waals surface area (Å²) in [7, 11) is 1.53. The van der Waals surface area contributed by atoms with Crippen LogP contribution in [0.2, 0.25) is 0 Å². The van der Waals surface area contributed by atoms with Crippen LogP contribution in [0.5, 0.6) is 11.5 Å². The molecule has 1 atom stereocenters. The zero-order chi connectivity index (χ0) is 19.6. The van der Waals surface area contributed by atoms with Crippen molar-refractivity contribution in [2.24, 2.45) is 0 Å². The lowest BCUT2D eigenvalue weighted by Crippen LogP contribution is -2.39. The Morgan fingerprint density at radius 2 is 1.85 bits per heavy atom. The summed E-state index contributed by atoms with van der Waals surface area (Å²) < 4.78 is 36.8. The fourth-order valence-electron chi connectivity index (χ4n) is 2.63. The quantitative estimate of drug-likeness (QED) is 0.871. The third-order valence-corrected chi connectivity index (χ3v) is 4.44. The van der Waals surface area contributed by atoms with E-state index in [2.05, 4.69) is 5.32 Å². The lowest BCUT2D eigenvalue weighted by molar-refractivity contribution is -0.130. The molecule has 0 aliphatic carbocycles. The number of hydrogen-bond acceptors (Lipinski definition) is 4. The predicted octanol–water partition coefficient (Wildman–Crippen LogP) is 2.64. The highest BCUT2D eigenvalue weighted by atomic mass is 19.2. The third-order valence-electron chi connectivity index (χ3n) is 4.44. The number of ether oxygens (including phenoxy) is 2. The Hall–Kier alpha value is -3.16. The van der Waals surface area contributed by atoms with Crippen LogP contribution in [0.1, 0.15) is 28.9 Å². The first kappa shape index (κ1) is 18.6. The van der Waals surface area contributed by atoms with E-state index in [1.54, 1.807) is 19.1 Å². The summed E-state index contributed by atoms with van der Waals surface area (Å²) in [5.41, 5.74) is 0.787. The summed E-state index contributed by atoms with van der Waals surface area (Å²) in [5, 5.41) is 2.54. The molecule has 1 aliphatic rings. The minimum atomic E-state index is -0.976. The maximum atomic E-state index is 13.4. The van der Waals surface area contributed by atoms with Gasteiger partial charge in [-0.2, -0.15) is 0 Å². The highest BCUT2D eigenvalue weighted by Crippen LogP contribution is 2.32. The van der Waals surface area contributed by atoms with Crippen LogP contribution in [-0.4, -0.2) is 37.1 Å². The highest BCUT2D eigenvalue weighted by molar-refractivity contribution is 5.97. The molecule has 0 saturated heterocycles. The van der Waals surface area contributed by atoms with Crippen LogP contribution in [0, 0.1) is 11.6 Å². The van der Waals surface area contributed by atoms with Crippen molar-refractivity contribution >= 4 is 11.8 Å². The molecule has 2 aromatic rings. The molecule has 1 heterocycles. The smallest absolute Gasteiger partial charge is 0.251 e. The number of halogens is 2. The molecule has 2 aromatic carbocycles. The van der Waals surface area contributed by atoms with Gasteiger partial charge in [0.1, 0.15) is 0 Å². The number of carbonyl (C=O) groups excluding carboxylic acids is 2. The molecule has 0 saturated carbocycles. The van der Waals surface area contributed by atoms with Crippen molar-refractivity contribution in [2.75, 3.05) is 20.4 Å². The molecule has 2 amide bonds. The van der Waals surface area contributed by atoms with Crippen LogP contribution >= 0.6 is 0 Å². The Morgan fingerprint density at radius 1 is 1.11 bits per heavy atom. The third kappa shape index (κ3) is 3.99. The molecule has 27 heavy (non-hydrogen) atoms. The summed E-state index contributed by atoms with van der Waals surface area (Å²) in [6.07, 6.45) is 0. The Kier molecular flexibility index (Phi) is 5.25. The minimum Gasteiger partial charge on any atom is -0.454 e. The summed E-state index contributed by atoms with van der Waals surface area (Å²) in [5.74, 6) is -1.70. The van der Waals surface area contributed by atoms with Gasteiger partial charge in [-0.05, 0) is 42.8 Å². The molecule has 0 radical (unpaired) electrons. The average molecular weight is 376 g/mol. The van der Waals surface area contributed by atoms with Crippen molar-refractivity contribution in [1.82, 2.24) is 10.2 Å². The first-order valence-electron chi connectivity index (χ1n) is 8.25. The van der Waals surface area contributed by atoms with Crippen molar-refractivity contribution in [3.05, 3.63) is 59.2 Å². The number of amides is 2. The first-order chi connectivity index (χ1) is 12.9. The van der Waals surface area contributed by atoms with Crippen LogP contribution in [0.3, 0.4) is 0 Å². The number of fused-ring (bicyclic) bond motifs is 1. The van der Waals surface area contributed by atoms with E-state index in [9.17, 15) is 18.4 Å². The van der Waals surface area contributed by atoms with Gasteiger partial charge in [-0.25, -0.2) is 8.78 Å². The molecule has 1 N–H and O–H groups in total. The topological polar surface area (TPSA) is 67.9 Å². The predicted molar refractivity (Wildman–Crippen MR) is 92.4 cm³/mol. The number of hydrogen-bond donors (Lipinski definition) is 1. The van der Waals surface area contributed by atoms with Crippen LogP contribution in [-0.2, 0) is 4.79 Å². The van der Waals surface area contributed by atoms with Crippen molar-refractivity contribution in [1.29, 1.82) is 0 Å². The Morgan fingerprint density at radius 3 is 2.59 bits per heavy atom. The molecular weight excluding hydrogens is 358 g/mol. The fraction of sp³-hybridized carbons (Fsp3) is 0.263. The summed E-state index contributed by atoms with van der Waals surface area (Å²) in [6, 6.07) is 7.72. The van der Waals surface area contributed by atoms with E-state index in [1.165, 1.54) is 24.1 Å². The van der Waals surface area contributed by atoms with E-state index in [-0.39, 0.29) is 19.2 Å². The molecule has 0 aromatic heterocycles. The summed E-state index contributed by atoms with van der Waals surface area (Å²) in [6.45, 7) is 1.55. The van der Waals surface area contributed by atoms with Crippen LogP contribution < -0.4 is 14.8 Å².